The number of benzene rings is 2. The average Bonchev–Trinajstić information content (AvgIpc) is 3.56. The molecule has 172 valence electrons. The highest BCUT2D eigenvalue weighted by molar-refractivity contribution is 5.98. The first-order valence-electron chi connectivity index (χ1n) is 10.9. The van der Waals surface area contributed by atoms with E-state index in [4.69, 9.17) is 9.47 Å². The fraction of sp³-hybridized carbons (Fsp3) is 0.308. The van der Waals surface area contributed by atoms with E-state index in [1.54, 1.807) is 36.5 Å². The Labute approximate surface area is 192 Å². The number of hydrogen-bond acceptors (Lipinski definition) is 5. The van der Waals surface area contributed by atoms with Gasteiger partial charge in [0.05, 0.1) is 31.6 Å². The number of aliphatic hydroxyl groups is 1. The van der Waals surface area contributed by atoms with E-state index in [0.29, 0.717) is 52.1 Å². The molecule has 0 saturated heterocycles. The number of aromatic nitrogens is 1. The summed E-state index contributed by atoms with van der Waals surface area (Å²) in [6.07, 6.45) is 2.77. The molecule has 7 heteroatoms. The zero-order valence-electron chi connectivity index (χ0n) is 18.7. The maximum Gasteiger partial charge on any atom is 0.255 e. The summed E-state index contributed by atoms with van der Waals surface area (Å²) in [6.45, 7) is 2.71. The van der Waals surface area contributed by atoms with Crippen molar-refractivity contribution < 1.29 is 23.8 Å². The molecule has 2 N–H and O–H groups in total. The van der Waals surface area contributed by atoms with Crippen molar-refractivity contribution in [2.24, 2.45) is 11.8 Å². The van der Waals surface area contributed by atoms with Crippen molar-refractivity contribution in [2.75, 3.05) is 13.7 Å². The van der Waals surface area contributed by atoms with Gasteiger partial charge in [0.25, 0.3) is 5.91 Å². The molecule has 0 spiro atoms. The van der Waals surface area contributed by atoms with Gasteiger partial charge >= 0.3 is 0 Å². The van der Waals surface area contributed by atoms with Gasteiger partial charge in [-0.15, -0.1) is 0 Å². The van der Waals surface area contributed by atoms with Gasteiger partial charge in [-0.3, -0.25) is 9.78 Å². The molecule has 1 aromatic heterocycles. The molecule has 1 amide bonds. The lowest BCUT2D eigenvalue weighted by molar-refractivity contribution is 0.0946. The third-order valence-corrected chi connectivity index (χ3v) is 5.96. The number of nitrogens with one attached hydrogen (secondary N) is 1. The average molecular weight is 451 g/mol. The highest BCUT2D eigenvalue weighted by Gasteiger charge is 2.33. The number of carbonyl (C=O) groups excluding carboxylic acids is 1. The quantitative estimate of drug-likeness (QED) is 0.507. The first kappa shape index (κ1) is 22.7. The molecule has 33 heavy (non-hydrogen) atoms. The molecule has 4 rings (SSSR count). The minimum Gasteiger partial charge on any atom is -0.494 e. The van der Waals surface area contributed by atoms with Crippen LogP contribution in [0.3, 0.4) is 0 Å². The van der Waals surface area contributed by atoms with Crippen molar-refractivity contribution in [1.29, 1.82) is 0 Å². The van der Waals surface area contributed by atoms with E-state index in [2.05, 4.69) is 17.2 Å². The van der Waals surface area contributed by atoms with Crippen LogP contribution in [0.2, 0.25) is 0 Å². The van der Waals surface area contributed by atoms with Crippen molar-refractivity contribution in [2.45, 2.75) is 26.5 Å². The number of aliphatic hydroxyl groups excluding tert-OH is 1. The fourth-order valence-electron chi connectivity index (χ4n) is 3.73. The monoisotopic (exact) mass is 450 g/mol. The number of ether oxygens (including phenoxy) is 2. The standard InChI is InChI=1S/C26H27FN2O4/c1-16-10-20(16)15-33-23-8-6-18(25-19(14-30)4-3-9-28-25)12-21(23)26(31)29-13-17-5-7-24(32-2)22(27)11-17/h3-9,11-12,16,20,30H,10,13-15H2,1-2H3,(H,29,31). The number of halogens is 1. The number of hydrogen-bond donors (Lipinski definition) is 2. The Morgan fingerprint density at radius 2 is 2.00 bits per heavy atom. The Hall–Kier alpha value is -3.45. The van der Waals surface area contributed by atoms with Crippen LogP contribution >= 0.6 is 0 Å². The minimum absolute atomic E-state index is 0.147. The second-order valence-corrected chi connectivity index (χ2v) is 8.32. The summed E-state index contributed by atoms with van der Waals surface area (Å²) in [7, 11) is 1.40. The van der Waals surface area contributed by atoms with Crippen LogP contribution in [-0.2, 0) is 13.2 Å². The number of carbonyl (C=O) groups is 1. The summed E-state index contributed by atoms with van der Waals surface area (Å²) in [5, 5.41) is 12.5. The van der Waals surface area contributed by atoms with Gasteiger partial charge in [-0.25, -0.2) is 4.39 Å². The van der Waals surface area contributed by atoms with Crippen molar-refractivity contribution in [3.05, 3.63) is 77.2 Å². The minimum atomic E-state index is -0.486. The van der Waals surface area contributed by atoms with Crippen LogP contribution in [0.5, 0.6) is 11.5 Å². The molecule has 0 aliphatic heterocycles. The predicted octanol–water partition coefficient (Wildman–Crippen LogP) is 4.35. The smallest absolute Gasteiger partial charge is 0.255 e. The van der Waals surface area contributed by atoms with Crippen LogP contribution in [0.1, 0.15) is 34.8 Å². The summed E-state index contributed by atoms with van der Waals surface area (Å²) in [6, 6.07) is 13.4. The first-order valence-corrected chi connectivity index (χ1v) is 10.9. The Morgan fingerprint density at radius 1 is 1.21 bits per heavy atom. The van der Waals surface area contributed by atoms with Gasteiger partial charge in [0.15, 0.2) is 11.6 Å². The van der Waals surface area contributed by atoms with Gasteiger partial charge in [-0.1, -0.05) is 19.1 Å². The lowest BCUT2D eigenvalue weighted by Gasteiger charge is -2.14. The van der Waals surface area contributed by atoms with Gasteiger partial charge in [-0.2, -0.15) is 0 Å². The van der Waals surface area contributed by atoms with Gasteiger partial charge < -0.3 is 19.9 Å². The Kier molecular flexibility index (Phi) is 6.89. The van der Waals surface area contributed by atoms with Crippen molar-refractivity contribution in [3.8, 4) is 22.8 Å². The number of methoxy groups -OCH3 is 1. The third kappa shape index (κ3) is 5.31. The normalized spacial score (nSPS) is 16.8. The molecule has 0 bridgehead atoms. The zero-order chi connectivity index (χ0) is 23.4. The maximum absolute atomic E-state index is 14.0. The molecular formula is C26H27FN2O4. The molecule has 1 heterocycles. The lowest BCUT2D eigenvalue weighted by Crippen LogP contribution is -2.24. The van der Waals surface area contributed by atoms with E-state index in [1.807, 2.05) is 6.07 Å². The van der Waals surface area contributed by atoms with Crippen molar-refractivity contribution >= 4 is 5.91 Å². The second-order valence-electron chi connectivity index (χ2n) is 8.32. The lowest BCUT2D eigenvalue weighted by atomic mass is 10.0. The number of amides is 1. The van der Waals surface area contributed by atoms with Crippen LogP contribution in [0, 0.1) is 17.7 Å². The molecule has 1 aliphatic rings. The third-order valence-electron chi connectivity index (χ3n) is 5.96. The van der Waals surface area contributed by atoms with Crippen molar-refractivity contribution in [3.63, 3.8) is 0 Å². The molecule has 0 radical (unpaired) electrons. The molecule has 3 aromatic rings. The molecular weight excluding hydrogens is 423 g/mol. The fourth-order valence-corrected chi connectivity index (χ4v) is 3.73. The predicted molar refractivity (Wildman–Crippen MR) is 122 cm³/mol. The molecule has 2 atom stereocenters. The van der Waals surface area contributed by atoms with Crippen LogP contribution < -0.4 is 14.8 Å². The largest absolute Gasteiger partial charge is 0.494 e. The summed E-state index contributed by atoms with van der Waals surface area (Å²) in [5.74, 6) is 0.941. The SMILES string of the molecule is COc1ccc(CNC(=O)c2cc(-c3ncccc3CO)ccc2OCC2CC2C)cc1F. The van der Waals surface area contributed by atoms with Crippen LogP contribution in [-0.4, -0.2) is 29.7 Å². The summed E-state index contributed by atoms with van der Waals surface area (Å²) in [5.41, 5.74) is 2.95. The zero-order valence-corrected chi connectivity index (χ0v) is 18.7. The summed E-state index contributed by atoms with van der Waals surface area (Å²) in [4.78, 5) is 17.5. The van der Waals surface area contributed by atoms with E-state index in [9.17, 15) is 14.3 Å². The van der Waals surface area contributed by atoms with Gasteiger partial charge in [0.2, 0.25) is 0 Å². The summed E-state index contributed by atoms with van der Waals surface area (Å²) < 4.78 is 24.9. The number of rotatable bonds is 9. The van der Waals surface area contributed by atoms with Crippen LogP contribution in [0.15, 0.2) is 54.7 Å². The molecule has 6 nitrogen and oxygen atoms in total. The highest BCUT2D eigenvalue weighted by Crippen LogP contribution is 2.38. The number of pyridine rings is 1. The summed E-state index contributed by atoms with van der Waals surface area (Å²) >= 11 is 0. The van der Waals surface area contributed by atoms with Crippen molar-refractivity contribution in [1.82, 2.24) is 10.3 Å². The Morgan fingerprint density at radius 3 is 2.70 bits per heavy atom. The van der Waals surface area contributed by atoms with Crippen LogP contribution in [0.25, 0.3) is 11.3 Å². The topological polar surface area (TPSA) is 80.7 Å². The van der Waals surface area contributed by atoms with E-state index in [-0.39, 0.29) is 24.8 Å². The molecule has 1 saturated carbocycles. The molecule has 2 unspecified atom stereocenters. The second kappa shape index (κ2) is 10.0. The van der Waals surface area contributed by atoms with Crippen LogP contribution in [0.4, 0.5) is 4.39 Å². The maximum atomic E-state index is 14.0. The highest BCUT2D eigenvalue weighted by atomic mass is 19.1. The molecule has 1 aliphatic carbocycles. The molecule has 2 aromatic carbocycles. The van der Waals surface area contributed by atoms with Gasteiger partial charge in [0, 0.05) is 23.9 Å². The van der Waals surface area contributed by atoms with E-state index in [1.165, 1.54) is 19.2 Å². The van der Waals surface area contributed by atoms with E-state index < -0.39 is 5.82 Å². The number of nitrogens with zero attached hydrogens (tertiary/aromatic N) is 1. The van der Waals surface area contributed by atoms with Gasteiger partial charge in [-0.05, 0) is 60.2 Å². The molecule has 1 fully saturated rings. The van der Waals surface area contributed by atoms with E-state index in [0.717, 1.165) is 6.42 Å². The Balaban J connectivity index is 1.58. The van der Waals surface area contributed by atoms with Gasteiger partial charge in [0.1, 0.15) is 5.75 Å². The Bertz CT molecular complexity index is 1150. The van der Waals surface area contributed by atoms with E-state index >= 15 is 0 Å². The first-order chi connectivity index (χ1) is 16.0.